The number of aliphatic hydroxyl groups excluding tert-OH is 1. The van der Waals surface area contributed by atoms with E-state index in [4.69, 9.17) is 0 Å². The van der Waals surface area contributed by atoms with Crippen LogP contribution in [0.2, 0.25) is 0 Å². The van der Waals surface area contributed by atoms with Gasteiger partial charge in [0.05, 0.1) is 6.20 Å². The predicted molar refractivity (Wildman–Crippen MR) is 74.3 cm³/mol. The quantitative estimate of drug-likeness (QED) is 0.747. The average molecular weight is 253 g/mol. The van der Waals surface area contributed by atoms with E-state index in [1.807, 2.05) is 24.1 Å². The molecule has 104 valence electrons. The van der Waals surface area contributed by atoms with Gasteiger partial charge in [-0.05, 0) is 31.6 Å². The fraction of sp³-hybridized carbons (Fsp3) is 0.786. The van der Waals surface area contributed by atoms with Gasteiger partial charge in [-0.15, -0.1) is 0 Å². The standard InChI is InChI=1S/C14H27N3O/c1-5-14(6-2,7-8-18)11-15-12(3)13-9-16-17(4)10-13/h9-10,12,15,18H,5-8,11H2,1-4H3. The number of hydrogen-bond acceptors (Lipinski definition) is 3. The molecule has 0 aliphatic heterocycles. The smallest absolute Gasteiger partial charge is 0.0537 e. The van der Waals surface area contributed by atoms with Gasteiger partial charge in [0.15, 0.2) is 0 Å². The van der Waals surface area contributed by atoms with Crippen LogP contribution in [0.5, 0.6) is 0 Å². The molecule has 0 aliphatic rings. The van der Waals surface area contributed by atoms with Crippen LogP contribution in [0.4, 0.5) is 0 Å². The summed E-state index contributed by atoms with van der Waals surface area (Å²) in [6.07, 6.45) is 7.01. The summed E-state index contributed by atoms with van der Waals surface area (Å²) in [6, 6.07) is 0.301. The Balaban J connectivity index is 2.56. The molecule has 4 heteroatoms. The Morgan fingerprint density at radius 1 is 1.44 bits per heavy atom. The van der Waals surface area contributed by atoms with Gasteiger partial charge >= 0.3 is 0 Å². The van der Waals surface area contributed by atoms with Gasteiger partial charge in [-0.1, -0.05) is 13.8 Å². The highest BCUT2D eigenvalue weighted by Crippen LogP contribution is 2.30. The molecule has 1 atom stereocenters. The SMILES string of the molecule is CCC(CC)(CCO)CNC(C)c1cnn(C)c1. The highest BCUT2D eigenvalue weighted by Gasteiger charge is 2.26. The van der Waals surface area contributed by atoms with Crippen LogP contribution in [0, 0.1) is 5.41 Å². The summed E-state index contributed by atoms with van der Waals surface area (Å²) in [6.45, 7) is 7.78. The lowest BCUT2D eigenvalue weighted by molar-refractivity contribution is 0.160. The number of nitrogens with one attached hydrogen (secondary N) is 1. The van der Waals surface area contributed by atoms with Gasteiger partial charge in [-0.25, -0.2) is 0 Å². The third kappa shape index (κ3) is 3.82. The molecule has 0 spiro atoms. The molecule has 2 N–H and O–H groups in total. The van der Waals surface area contributed by atoms with Gasteiger partial charge in [-0.3, -0.25) is 4.68 Å². The first-order valence-corrected chi connectivity index (χ1v) is 6.89. The van der Waals surface area contributed by atoms with Crippen LogP contribution in [0.25, 0.3) is 0 Å². The first-order chi connectivity index (χ1) is 8.56. The summed E-state index contributed by atoms with van der Waals surface area (Å²) in [7, 11) is 1.93. The number of nitrogens with zero attached hydrogens (tertiary/aromatic N) is 2. The second kappa shape index (κ2) is 6.90. The lowest BCUT2D eigenvalue weighted by Crippen LogP contribution is -2.35. The molecule has 0 radical (unpaired) electrons. The second-order valence-corrected chi connectivity index (χ2v) is 5.23. The monoisotopic (exact) mass is 253 g/mol. The third-order valence-electron chi connectivity index (χ3n) is 4.15. The number of aliphatic hydroxyl groups is 1. The summed E-state index contributed by atoms with van der Waals surface area (Å²) in [5.41, 5.74) is 1.42. The van der Waals surface area contributed by atoms with E-state index in [1.165, 1.54) is 5.56 Å². The largest absolute Gasteiger partial charge is 0.396 e. The molecular formula is C14H27N3O. The van der Waals surface area contributed by atoms with Crippen molar-refractivity contribution in [3.05, 3.63) is 18.0 Å². The topological polar surface area (TPSA) is 50.1 Å². The first-order valence-electron chi connectivity index (χ1n) is 6.89. The summed E-state index contributed by atoms with van der Waals surface area (Å²) in [5.74, 6) is 0. The number of rotatable bonds is 8. The molecule has 4 nitrogen and oxygen atoms in total. The van der Waals surface area contributed by atoms with Crippen LogP contribution in [-0.4, -0.2) is 28.0 Å². The summed E-state index contributed by atoms with van der Waals surface area (Å²) in [5, 5.41) is 17.0. The third-order valence-corrected chi connectivity index (χ3v) is 4.15. The molecule has 18 heavy (non-hydrogen) atoms. The van der Waals surface area contributed by atoms with Crippen molar-refractivity contribution >= 4 is 0 Å². The van der Waals surface area contributed by atoms with Gasteiger partial charge in [0, 0.05) is 38.0 Å². The van der Waals surface area contributed by atoms with Crippen molar-refractivity contribution in [1.29, 1.82) is 0 Å². The molecule has 0 amide bonds. The molecule has 1 heterocycles. The first kappa shape index (κ1) is 15.2. The zero-order valence-corrected chi connectivity index (χ0v) is 12.1. The lowest BCUT2D eigenvalue weighted by Gasteiger charge is -2.32. The van der Waals surface area contributed by atoms with Crippen molar-refractivity contribution in [3.8, 4) is 0 Å². The Morgan fingerprint density at radius 3 is 2.56 bits per heavy atom. The van der Waals surface area contributed by atoms with E-state index in [0.29, 0.717) is 6.04 Å². The highest BCUT2D eigenvalue weighted by molar-refractivity contribution is 5.09. The predicted octanol–water partition coefficient (Wildman–Crippen LogP) is 2.26. The maximum absolute atomic E-state index is 9.21. The Morgan fingerprint density at radius 2 is 2.11 bits per heavy atom. The normalized spacial score (nSPS) is 13.8. The van der Waals surface area contributed by atoms with Crippen LogP contribution in [0.3, 0.4) is 0 Å². The van der Waals surface area contributed by atoms with Crippen molar-refractivity contribution < 1.29 is 5.11 Å². The molecule has 0 saturated heterocycles. The number of hydrogen-bond donors (Lipinski definition) is 2. The fourth-order valence-corrected chi connectivity index (χ4v) is 2.33. The Kier molecular flexibility index (Phi) is 5.82. The van der Waals surface area contributed by atoms with Gasteiger partial charge in [0.1, 0.15) is 0 Å². The average Bonchev–Trinajstić information content (AvgIpc) is 2.81. The van der Waals surface area contributed by atoms with E-state index in [2.05, 4.69) is 31.2 Å². The van der Waals surface area contributed by atoms with Crippen LogP contribution in [-0.2, 0) is 7.05 Å². The summed E-state index contributed by atoms with van der Waals surface area (Å²) < 4.78 is 1.83. The molecule has 0 fully saturated rings. The van der Waals surface area contributed by atoms with Gasteiger partial charge in [0.25, 0.3) is 0 Å². The van der Waals surface area contributed by atoms with Crippen molar-refractivity contribution in [2.45, 2.75) is 46.1 Å². The molecular weight excluding hydrogens is 226 g/mol. The van der Waals surface area contributed by atoms with Gasteiger partial charge in [0.2, 0.25) is 0 Å². The molecule has 1 rings (SSSR count). The van der Waals surface area contributed by atoms with Gasteiger partial charge in [-0.2, -0.15) is 5.10 Å². The van der Waals surface area contributed by atoms with Crippen molar-refractivity contribution in [2.24, 2.45) is 12.5 Å². The maximum Gasteiger partial charge on any atom is 0.0537 e. The van der Waals surface area contributed by atoms with Crippen LogP contribution < -0.4 is 5.32 Å². The second-order valence-electron chi connectivity index (χ2n) is 5.23. The Bertz CT molecular complexity index is 345. The van der Waals surface area contributed by atoms with Crippen LogP contribution in [0.15, 0.2) is 12.4 Å². The Hall–Kier alpha value is -0.870. The van der Waals surface area contributed by atoms with Crippen LogP contribution in [0.1, 0.15) is 51.6 Å². The van der Waals surface area contributed by atoms with E-state index < -0.39 is 0 Å². The molecule has 1 unspecified atom stereocenters. The highest BCUT2D eigenvalue weighted by atomic mass is 16.3. The number of aryl methyl sites for hydroxylation is 1. The summed E-state index contributed by atoms with van der Waals surface area (Å²) in [4.78, 5) is 0. The van der Waals surface area contributed by atoms with Crippen LogP contribution >= 0.6 is 0 Å². The zero-order valence-electron chi connectivity index (χ0n) is 12.1. The van der Waals surface area contributed by atoms with E-state index >= 15 is 0 Å². The Labute approximate surface area is 110 Å². The lowest BCUT2D eigenvalue weighted by atomic mass is 9.79. The van der Waals surface area contributed by atoms with E-state index in [1.54, 1.807) is 0 Å². The zero-order chi connectivity index (χ0) is 13.6. The van der Waals surface area contributed by atoms with Crippen molar-refractivity contribution in [1.82, 2.24) is 15.1 Å². The molecule has 1 aromatic heterocycles. The number of aromatic nitrogens is 2. The molecule has 1 aromatic rings. The van der Waals surface area contributed by atoms with Crippen molar-refractivity contribution in [3.63, 3.8) is 0 Å². The maximum atomic E-state index is 9.21. The van der Waals surface area contributed by atoms with E-state index in [-0.39, 0.29) is 12.0 Å². The van der Waals surface area contributed by atoms with Crippen molar-refractivity contribution in [2.75, 3.05) is 13.2 Å². The molecule has 0 aromatic carbocycles. The minimum atomic E-state index is 0.214. The van der Waals surface area contributed by atoms with E-state index in [0.717, 1.165) is 25.8 Å². The van der Waals surface area contributed by atoms with Gasteiger partial charge < -0.3 is 10.4 Å². The minimum Gasteiger partial charge on any atom is -0.396 e. The minimum absolute atomic E-state index is 0.214. The van der Waals surface area contributed by atoms with E-state index in [9.17, 15) is 5.11 Å². The molecule has 0 bridgehead atoms. The summed E-state index contributed by atoms with van der Waals surface area (Å²) >= 11 is 0. The molecule has 0 aliphatic carbocycles. The fourth-order valence-electron chi connectivity index (χ4n) is 2.33. The molecule has 0 saturated carbocycles.